The maximum absolute atomic E-state index is 12.7. The summed E-state index contributed by atoms with van der Waals surface area (Å²) in [5.41, 5.74) is 7.16. The number of aliphatic carboxylic acids is 1. The van der Waals surface area contributed by atoms with Crippen molar-refractivity contribution >= 4 is 23.5 Å². The molecule has 0 unspecified atom stereocenters. The van der Waals surface area contributed by atoms with Crippen molar-refractivity contribution in [2.75, 3.05) is 11.4 Å². The Morgan fingerprint density at radius 2 is 1.59 bits per heavy atom. The van der Waals surface area contributed by atoms with Crippen LogP contribution in [0.1, 0.15) is 18.4 Å². The van der Waals surface area contributed by atoms with Gasteiger partial charge in [-0.1, -0.05) is 48.5 Å². The van der Waals surface area contributed by atoms with Gasteiger partial charge < -0.3 is 15.6 Å². The third-order valence-corrected chi connectivity index (χ3v) is 3.85. The van der Waals surface area contributed by atoms with E-state index in [9.17, 15) is 14.4 Å². The zero-order valence-electron chi connectivity index (χ0n) is 14.8. The first-order chi connectivity index (χ1) is 13.0. The lowest BCUT2D eigenvalue weighted by molar-refractivity contribution is -0.144. The summed E-state index contributed by atoms with van der Waals surface area (Å²) in [6, 6.07) is 16.8. The summed E-state index contributed by atoms with van der Waals surface area (Å²) in [6.45, 7) is -0.210. The van der Waals surface area contributed by atoms with Gasteiger partial charge in [0.05, 0.1) is 6.04 Å². The Morgan fingerprint density at radius 3 is 2.19 bits per heavy atom. The number of esters is 1. The zero-order valence-corrected chi connectivity index (χ0v) is 14.8. The Hall–Kier alpha value is -3.19. The molecule has 7 heteroatoms. The summed E-state index contributed by atoms with van der Waals surface area (Å²) in [5.74, 6) is -2.15. The van der Waals surface area contributed by atoms with Crippen molar-refractivity contribution < 1.29 is 24.2 Å². The van der Waals surface area contributed by atoms with Crippen LogP contribution in [0.2, 0.25) is 0 Å². The van der Waals surface area contributed by atoms with E-state index in [4.69, 9.17) is 15.6 Å². The molecule has 0 spiro atoms. The molecule has 7 nitrogen and oxygen atoms in total. The molecule has 0 radical (unpaired) electrons. The lowest BCUT2D eigenvalue weighted by Crippen LogP contribution is -2.46. The van der Waals surface area contributed by atoms with Gasteiger partial charge >= 0.3 is 11.9 Å². The molecular weight excluding hydrogens is 348 g/mol. The Labute approximate surface area is 157 Å². The van der Waals surface area contributed by atoms with Gasteiger partial charge in [0, 0.05) is 12.1 Å². The van der Waals surface area contributed by atoms with E-state index in [0.29, 0.717) is 5.69 Å². The number of nitrogens with two attached hydrogens (primary N) is 1. The number of para-hydroxylation sites is 1. The average Bonchev–Trinajstić information content (AvgIpc) is 2.69. The van der Waals surface area contributed by atoms with Crippen molar-refractivity contribution in [3.05, 3.63) is 66.2 Å². The standard InChI is InChI=1S/C20H22N2O5/c21-17(11-12-18(23)24)20(26)22(16-9-5-2-6-10-16)13-19(25)27-14-15-7-3-1-4-8-15/h1-10,17H,11-14,21H2,(H,23,24)/t17-/m0/s1. The van der Waals surface area contributed by atoms with Crippen molar-refractivity contribution in [2.24, 2.45) is 5.73 Å². The van der Waals surface area contributed by atoms with Crippen molar-refractivity contribution in [1.29, 1.82) is 0 Å². The molecule has 0 aliphatic rings. The fourth-order valence-electron chi connectivity index (χ4n) is 2.42. The SMILES string of the molecule is N[C@@H](CCC(=O)O)C(=O)N(CC(=O)OCc1ccccc1)c1ccccc1. The molecule has 2 aromatic carbocycles. The first kappa shape index (κ1) is 20.1. The maximum Gasteiger partial charge on any atom is 0.326 e. The summed E-state index contributed by atoms with van der Waals surface area (Å²) in [6.07, 6.45) is -0.245. The van der Waals surface area contributed by atoms with E-state index in [0.717, 1.165) is 5.56 Å². The highest BCUT2D eigenvalue weighted by molar-refractivity contribution is 6.00. The molecule has 142 valence electrons. The predicted molar refractivity (Wildman–Crippen MR) is 99.9 cm³/mol. The minimum absolute atomic E-state index is 0.0173. The molecule has 0 saturated carbocycles. The molecule has 3 N–H and O–H groups in total. The maximum atomic E-state index is 12.7. The number of rotatable bonds is 9. The number of benzene rings is 2. The monoisotopic (exact) mass is 370 g/mol. The molecule has 0 saturated heterocycles. The zero-order chi connectivity index (χ0) is 19.6. The van der Waals surface area contributed by atoms with Crippen LogP contribution in [0.25, 0.3) is 0 Å². The summed E-state index contributed by atoms with van der Waals surface area (Å²) >= 11 is 0. The van der Waals surface area contributed by atoms with Crippen molar-refractivity contribution in [1.82, 2.24) is 0 Å². The summed E-state index contributed by atoms with van der Waals surface area (Å²) in [4.78, 5) is 36.8. The first-order valence-electron chi connectivity index (χ1n) is 8.50. The molecule has 2 aromatic rings. The van der Waals surface area contributed by atoms with E-state index in [2.05, 4.69) is 0 Å². The van der Waals surface area contributed by atoms with Gasteiger partial charge in [0.15, 0.2) is 0 Å². The van der Waals surface area contributed by atoms with E-state index in [1.807, 2.05) is 30.3 Å². The van der Waals surface area contributed by atoms with Crippen LogP contribution in [-0.2, 0) is 25.7 Å². The Kier molecular flexibility index (Phi) is 7.51. The summed E-state index contributed by atoms with van der Waals surface area (Å²) < 4.78 is 5.24. The van der Waals surface area contributed by atoms with E-state index in [1.54, 1.807) is 30.3 Å². The van der Waals surface area contributed by atoms with Crippen LogP contribution in [0.15, 0.2) is 60.7 Å². The topological polar surface area (TPSA) is 110 Å². The number of hydrogen-bond donors (Lipinski definition) is 2. The van der Waals surface area contributed by atoms with Gasteiger partial charge in [-0.05, 0) is 24.1 Å². The van der Waals surface area contributed by atoms with Gasteiger partial charge in [-0.3, -0.25) is 19.3 Å². The number of carboxylic acid groups (broad SMARTS) is 1. The molecule has 2 rings (SSSR count). The van der Waals surface area contributed by atoms with E-state index in [-0.39, 0.29) is 26.0 Å². The van der Waals surface area contributed by atoms with Gasteiger partial charge in [-0.15, -0.1) is 0 Å². The van der Waals surface area contributed by atoms with E-state index < -0.39 is 23.9 Å². The minimum Gasteiger partial charge on any atom is -0.481 e. The Bertz CT molecular complexity index is 764. The molecule has 1 amide bonds. The van der Waals surface area contributed by atoms with Gasteiger partial charge in [-0.25, -0.2) is 0 Å². The number of ether oxygens (including phenoxy) is 1. The second-order valence-corrected chi connectivity index (χ2v) is 5.95. The van der Waals surface area contributed by atoms with Gasteiger partial charge in [-0.2, -0.15) is 0 Å². The van der Waals surface area contributed by atoms with Crippen LogP contribution >= 0.6 is 0 Å². The van der Waals surface area contributed by atoms with Crippen molar-refractivity contribution in [3.8, 4) is 0 Å². The van der Waals surface area contributed by atoms with Crippen LogP contribution < -0.4 is 10.6 Å². The molecule has 0 fully saturated rings. The highest BCUT2D eigenvalue weighted by Crippen LogP contribution is 2.16. The van der Waals surface area contributed by atoms with Crippen LogP contribution in [-0.4, -0.2) is 35.5 Å². The molecule has 27 heavy (non-hydrogen) atoms. The quantitative estimate of drug-likeness (QED) is 0.653. The van der Waals surface area contributed by atoms with E-state index >= 15 is 0 Å². The third kappa shape index (κ3) is 6.56. The third-order valence-electron chi connectivity index (χ3n) is 3.85. The van der Waals surface area contributed by atoms with Gasteiger partial charge in [0.1, 0.15) is 13.2 Å². The second kappa shape index (κ2) is 10.1. The molecule has 0 aliphatic heterocycles. The first-order valence-corrected chi connectivity index (χ1v) is 8.50. The number of hydrogen-bond acceptors (Lipinski definition) is 5. The van der Waals surface area contributed by atoms with Gasteiger partial charge in [0.2, 0.25) is 5.91 Å². The second-order valence-electron chi connectivity index (χ2n) is 5.95. The van der Waals surface area contributed by atoms with Crippen LogP contribution in [0, 0.1) is 0 Å². The molecule has 0 bridgehead atoms. The number of carbonyl (C=O) groups excluding carboxylic acids is 2. The lowest BCUT2D eigenvalue weighted by Gasteiger charge is -2.25. The highest BCUT2D eigenvalue weighted by Gasteiger charge is 2.25. The molecule has 0 heterocycles. The average molecular weight is 370 g/mol. The lowest BCUT2D eigenvalue weighted by atomic mass is 10.1. The molecule has 0 aromatic heterocycles. The predicted octanol–water partition coefficient (Wildman–Crippen LogP) is 1.96. The highest BCUT2D eigenvalue weighted by atomic mass is 16.5. The minimum atomic E-state index is -1.04. The van der Waals surface area contributed by atoms with Crippen LogP contribution in [0.3, 0.4) is 0 Å². The van der Waals surface area contributed by atoms with E-state index in [1.165, 1.54) is 4.90 Å². The largest absolute Gasteiger partial charge is 0.481 e. The van der Waals surface area contributed by atoms with Crippen molar-refractivity contribution in [2.45, 2.75) is 25.5 Å². The van der Waals surface area contributed by atoms with Crippen LogP contribution in [0.5, 0.6) is 0 Å². The summed E-state index contributed by atoms with van der Waals surface area (Å²) in [7, 11) is 0. The smallest absolute Gasteiger partial charge is 0.326 e. The molecule has 1 atom stereocenters. The number of carbonyl (C=O) groups is 3. The molecular formula is C20H22N2O5. The Morgan fingerprint density at radius 1 is 1.00 bits per heavy atom. The number of nitrogens with zero attached hydrogens (tertiary/aromatic N) is 1. The molecule has 0 aliphatic carbocycles. The summed E-state index contributed by atoms with van der Waals surface area (Å²) in [5, 5.41) is 8.77. The Balaban J connectivity index is 2.05. The fourth-order valence-corrected chi connectivity index (χ4v) is 2.42. The van der Waals surface area contributed by atoms with Gasteiger partial charge in [0.25, 0.3) is 0 Å². The normalized spacial score (nSPS) is 11.4. The number of anilines is 1. The number of carboxylic acids is 1. The van der Waals surface area contributed by atoms with Crippen LogP contribution in [0.4, 0.5) is 5.69 Å². The number of amides is 1. The van der Waals surface area contributed by atoms with Crippen molar-refractivity contribution in [3.63, 3.8) is 0 Å². The fraction of sp³-hybridized carbons (Fsp3) is 0.250.